The molecule has 0 radical (unpaired) electrons. The van der Waals surface area contributed by atoms with Gasteiger partial charge in [0, 0.05) is 38.8 Å². The Morgan fingerprint density at radius 2 is 1.92 bits per heavy atom. The standard InChI is InChI=1S/C9H18N2O/c1-10-3-5-11(6-4-10)9-2-7-12-8-9/h9H,2-8H2,1H3. The van der Waals surface area contributed by atoms with E-state index in [2.05, 4.69) is 16.8 Å². The summed E-state index contributed by atoms with van der Waals surface area (Å²) in [6, 6.07) is 0.721. The maximum Gasteiger partial charge on any atom is 0.0622 e. The van der Waals surface area contributed by atoms with Gasteiger partial charge in [-0.05, 0) is 13.5 Å². The van der Waals surface area contributed by atoms with Crippen LogP contribution in [0.1, 0.15) is 6.42 Å². The molecule has 2 saturated heterocycles. The molecule has 3 heteroatoms. The zero-order chi connectivity index (χ0) is 8.39. The molecule has 1 unspecified atom stereocenters. The van der Waals surface area contributed by atoms with Gasteiger partial charge in [0.2, 0.25) is 0 Å². The fraction of sp³-hybridized carbons (Fsp3) is 1.00. The second-order valence-electron chi connectivity index (χ2n) is 3.86. The molecule has 2 fully saturated rings. The number of hydrogen-bond donors (Lipinski definition) is 0. The number of piperazine rings is 1. The quantitative estimate of drug-likeness (QED) is 0.552. The predicted molar refractivity (Wildman–Crippen MR) is 48.3 cm³/mol. The van der Waals surface area contributed by atoms with Crippen molar-refractivity contribution in [3.8, 4) is 0 Å². The van der Waals surface area contributed by atoms with Gasteiger partial charge in [0.05, 0.1) is 6.61 Å². The van der Waals surface area contributed by atoms with Crippen molar-refractivity contribution in [3.05, 3.63) is 0 Å². The van der Waals surface area contributed by atoms with Gasteiger partial charge in [0.25, 0.3) is 0 Å². The number of likely N-dealkylation sites (N-methyl/N-ethyl adjacent to an activating group) is 1. The fourth-order valence-electron chi connectivity index (χ4n) is 2.00. The lowest BCUT2D eigenvalue weighted by Crippen LogP contribution is -2.49. The summed E-state index contributed by atoms with van der Waals surface area (Å²) in [5.74, 6) is 0. The normalized spacial score (nSPS) is 34.2. The van der Waals surface area contributed by atoms with E-state index >= 15 is 0 Å². The molecule has 0 bridgehead atoms. The van der Waals surface area contributed by atoms with Crippen LogP contribution in [0.4, 0.5) is 0 Å². The van der Waals surface area contributed by atoms with Gasteiger partial charge in [-0.25, -0.2) is 0 Å². The van der Waals surface area contributed by atoms with E-state index in [9.17, 15) is 0 Å². The van der Waals surface area contributed by atoms with E-state index in [4.69, 9.17) is 4.74 Å². The Labute approximate surface area is 74.3 Å². The molecule has 0 spiro atoms. The minimum absolute atomic E-state index is 0.721. The van der Waals surface area contributed by atoms with Crippen LogP contribution in [-0.4, -0.2) is 62.3 Å². The van der Waals surface area contributed by atoms with Gasteiger partial charge in [-0.3, -0.25) is 4.90 Å². The van der Waals surface area contributed by atoms with E-state index in [-0.39, 0.29) is 0 Å². The van der Waals surface area contributed by atoms with Gasteiger partial charge in [-0.1, -0.05) is 0 Å². The maximum atomic E-state index is 5.38. The van der Waals surface area contributed by atoms with E-state index in [0.29, 0.717) is 0 Å². The highest BCUT2D eigenvalue weighted by molar-refractivity contribution is 4.79. The van der Waals surface area contributed by atoms with Crippen molar-refractivity contribution in [3.63, 3.8) is 0 Å². The highest BCUT2D eigenvalue weighted by Crippen LogP contribution is 2.13. The first kappa shape index (κ1) is 8.48. The first-order valence-electron chi connectivity index (χ1n) is 4.86. The zero-order valence-corrected chi connectivity index (χ0v) is 7.83. The molecule has 0 aromatic heterocycles. The average Bonchev–Trinajstić information content (AvgIpc) is 2.58. The Kier molecular flexibility index (Phi) is 2.63. The minimum atomic E-state index is 0.721. The molecule has 0 saturated carbocycles. The van der Waals surface area contributed by atoms with Gasteiger partial charge < -0.3 is 9.64 Å². The van der Waals surface area contributed by atoms with Crippen LogP contribution in [0.5, 0.6) is 0 Å². The van der Waals surface area contributed by atoms with Crippen LogP contribution in [0.15, 0.2) is 0 Å². The van der Waals surface area contributed by atoms with Gasteiger partial charge >= 0.3 is 0 Å². The molecule has 12 heavy (non-hydrogen) atoms. The van der Waals surface area contributed by atoms with Gasteiger partial charge in [-0.2, -0.15) is 0 Å². The second-order valence-corrected chi connectivity index (χ2v) is 3.86. The maximum absolute atomic E-state index is 5.38. The number of ether oxygens (including phenoxy) is 1. The molecule has 2 aliphatic rings. The SMILES string of the molecule is CN1CCN(C2CCOC2)CC1. The molecule has 0 aromatic carbocycles. The molecule has 3 nitrogen and oxygen atoms in total. The molecule has 2 heterocycles. The lowest BCUT2D eigenvalue weighted by atomic mass is 10.2. The molecule has 1 atom stereocenters. The molecule has 70 valence electrons. The van der Waals surface area contributed by atoms with E-state index in [1.807, 2.05) is 0 Å². The molecule has 0 amide bonds. The topological polar surface area (TPSA) is 15.7 Å². The summed E-state index contributed by atoms with van der Waals surface area (Å²) in [5.41, 5.74) is 0. The molecule has 0 aliphatic carbocycles. The number of hydrogen-bond acceptors (Lipinski definition) is 3. The minimum Gasteiger partial charge on any atom is -0.380 e. The molecule has 0 aromatic rings. The van der Waals surface area contributed by atoms with Crippen LogP contribution >= 0.6 is 0 Å². The van der Waals surface area contributed by atoms with E-state index in [1.54, 1.807) is 0 Å². The van der Waals surface area contributed by atoms with Crippen molar-refractivity contribution in [2.24, 2.45) is 0 Å². The number of nitrogens with zero attached hydrogens (tertiary/aromatic N) is 2. The first-order chi connectivity index (χ1) is 5.86. The van der Waals surface area contributed by atoms with Crippen LogP contribution in [0.2, 0.25) is 0 Å². The van der Waals surface area contributed by atoms with Crippen LogP contribution < -0.4 is 0 Å². The van der Waals surface area contributed by atoms with Crippen LogP contribution in [-0.2, 0) is 4.74 Å². The van der Waals surface area contributed by atoms with Crippen molar-refractivity contribution in [2.45, 2.75) is 12.5 Å². The Hall–Kier alpha value is -0.120. The summed E-state index contributed by atoms with van der Waals surface area (Å²) in [4.78, 5) is 4.97. The van der Waals surface area contributed by atoms with Crippen molar-refractivity contribution in [2.75, 3.05) is 46.4 Å². The van der Waals surface area contributed by atoms with E-state index < -0.39 is 0 Å². The third kappa shape index (κ3) is 1.79. The third-order valence-corrected chi connectivity index (χ3v) is 2.96. The average molecular weight is 170 g/mol. The van der Waals surface area contributed by atoms with Crippen molar-refractivity contribution < 1.29 is 4.74 Å². The third-order valence-electron chi connectivity index (χ3n) is 2.96. The zero-order valence-electron chi connectivity index (χ0n) is 7.83. The molecular weight excluding hydrogens is 152 g/mol. The Morgan fingerprint density at radius 3 is 2.50 bits per heavy atom. The molecule has 2 rings (SSSR count). The predicted octanol–water partition coefficient (Wildman–Crippen LogP) is 0.0227. The Balaban J connectivity index is 1.80. The van der Waals surface area contributed by atoms with Gasteiger partial charge in [-0.15, -0.1) is 0 Å². The first-order valence-corrected chi connectivity index (χ1v) is 4.86. The van der Waals surface area contributed by atoms with Crippen molar-refractivity contribution in [1.82, 2.24) is 9.80 Å². The van der Waals surface area contributed by atoms with Crippen LogP contribution in [0.3, 0.4) is 0 Å². The summed E-state index contributed by atoms with van der Waals surface area (Å²) in [5, 5.41) is 0. The summed E-state index contributed by atoms with van der Waals surface area (Å²) in [6.07, 6.45) is 1.24. The highest BCUT2D eigenvalue weighted by atomic mass is 16.5. The summed E-state index contributed by atoms with van der Waals surface area (Å²) < 4.78 is 5.38. The van der Waals surface area contributed by atoms with Crippen LogP contribution in [0.25, 0.3) is 0 Å². The molecular formula is C9H18N2O. The van der Waals surface area contributed by atoms with Crippen molar-refractivity contribution >= 4 is 0 Å². The lowest BCUT2D eigenvalue weighted by molar-refractivity contribution is 0.0963. The van der Waals surface area contributed by atoms with E-state index in [1.165, 1.54) is 32.6 Å². The molecule has 0 N–H and O–H groups in total. The Bertz CT molecular complexity index is 137. The largest absolute Gasteiger partial charge is 0.380 e. The molecule has 2 aliphatic heterocycles. The van der Waals surface area contributed by atoms with Crippen molar-refractivity contribution in [1.29, 1.82) is 0 Å². The van der Waals surface area contributed by atoms with Gasteiger partial charge in [0.15, 0.2) is 0 Å². The summed E-state index contributed by atoms with van der Waals surface area (Å²) in [6.45, 7) is 6.82. The smallest absolute Gasteiger partial charge is 0.0622 e. The summed E-state index contributed by atoms with van der Waals surface area (Å²) in [7, 11) is 2.20. The second kappa shape index (κ2) is 3.73. The van der Waals surface area contributed by atoms with Crippen LogP contribution in [0, 0.1) is 0 Å². The number of rotatable bonds is 1. The van der Waals surface area contributed by atoms with Gasteiger partial charge in [0.1, 0.15) is 0 Å². The lowest BCUT2D eigenvalue weighted by Gasteiger charge is -2.35. The Morgan fingerprint density at radius 1 is 1.17 bits per heavy atom. The highest BCUT2D eigenvalue weighted by Gasteiger charge is 2.25. The van der Waals surface area contributed by atoms with E-state index in [0.717, 1.165) is 19.3 Å². The summed E-state index contributed by atoms with van der Waals surface area (Å²) >= 11 is 0. The monoisotopic (exact) mass is 170 g/mol. The fourth-order valence-corrected chi connectivity index (χ4v) is 2.00.